The van der Waals surface area contributed by atoms with E-state index in [-0.39, 0.29) is 35.8 Å². The van der Waals surface area contributed by atoms with E-state index in [1.54, 1.807) is 7.11 Å². The topological polar surface area (TPSA) is 128 Å². The Morgan fingerprint density at radius 2 is 1.91 bits per heavy atom. The Hall–Kier alpha value is -3.64. The van der Waals surface area contributed by atoms with E-state index in [0.29, 0.717) is 35.2 Å². The molecule has 2 N–H and O–H groups in total. The van der Waals surface area contributed by atoms with Gasteiger partial charge in [-0.2, -0.15) is 0 Å². The number of aromatic nitrogens is 4. The van der Waals surface area contributed by atoms with Crippen molar-refractivity contribution in [3.05, 3.63) is 41.6 Å². The molecule has 12 heteroatoms. The van der Waals surface area contributed by atoms with Gasteiger partial charge >= 0.3 is 0 Å². The van der Waals surface area contributed by atoms with Gasteiger partial charge in [-0.05, 0) is 89.0 Å². The highest BCUT2D eigenvalue weighted by Gasteiger charge is 2.47. The first-order valence-electron chi connectivity index (χ1n) is 15.8. The van der Waals surface area contributed by atoms with E-state index in [2.05, 4.69) is 10.6 Å². The number of carbonyl (C=O) groups excluding carboxylic acids is 1. The number of imidazole rings is 1. The van der Waals surface area contributed by atoms with Gasteiger partial charge in [0.05, 0.1) is 24.3 Å². The van der Waals surface area contributed by atoms with Crippen LogP contribution in [0.15, 0.2) is 30.3 Å². The van der Waals surface area contributed by atoms with Crippen molar-refractivity contribution < 1.29 is 17.9 Å². The first-order valence-corrected chi connectivity index (χ1v) is 17.4. The Balaban J connectivity index is 1.25. The normalized spacial score (nSPS) is 26.3. The average molecular weight is 618 g/mol. The fraction of sp³-hybridized carbons (Fsp3) is 0.531. The fourth-order valence-electron chi connectivity index (χ4n) is 7.89. The summed E-state index contributed by atoms with van der Waals surface area (Å²) in [5.74, 6) is 1.69. The van der Waals surface area contributed by atoms with Crippen LogP contribution in [0.5, 0.6) is 5.88 Å². The molecule has 4 aromatic heterocycles. The predicted octanol–water partition coefficient (Wildman–Crippen LogP) is 4.10. The van der Waals surface area contributed by atoms with Crippen LogP contribution in [-0.4, -0.2) is 75.2 Å². The molecule has 0 unspecified atom stereocenters. The minimum Gasteiger partial charge on any atom is -0.482 e. The minimum atomic E-state index is -3.42. The van der Waals surface area contributed by atoms with Crippen molar-refractivity contribution >= 4 is 38.4 Å². The molecule has 8 rings (SSSR count). The van der Waals surface area contributed by atoms with Crippen LogP contribution in [0.25, 0.3) is 28.1 Å². The Morgan fingerprint density at radius 3 is 2.59 bits per heavy atom. The summed E-state index contributed by atoms with van der Waals surface area (Å²) in [4.78, 5) is 25.8. The molecule has 4 atom stereocenters. The zero-order valence-corrected chi connectivity index (χ0v) is 26.3. The number of hydrogen-bond donors (Lipinski definition) is 1. The number of amides is 1. The number of ether oxygens (including phenoxy) is 1. The van der Waals surface area contributed by atoms with Crippen LogP contribution in [0.3, 0.4) is 0 Å². The van der Waals surface area contributed by atoms with Gasteiger partial charge in [0.15, 0.2) is 5.88 Å². The molecule has 44 heavy (non-hydrogen) atoms. The molecule has 1 amide bonds. The number of nitrogens with zero attached hydrogens (tertiary/aromatic N) is 6. The molecule has 2 bridgehead atoms. The number of anilines is 1. The SMILES string of the molecule is COc1cc(C(=O)N2[C@H]3CC[C@@H]2[C@H](N)C3)cc2nc(-c3cc4ccc(N5[C@H](C)CCCS5(=O)=O)nc4n3CC3CC3)c(C)n12. The van der Waals surface area contributed by atoms with E-state index in [1.807, 2.05) is 47.4 Å². The third kappa shape index (κ3) is 4.24. The van der Waals surface area contributed by atoms with Gasteiger partial charge in [0, 0.05) is 47.7 Å². The van der Waals surface area contributed by atoms with E-state index < -0.39 is 10.0 Å². The molecule has 3 aliphatic heterocycles. The number of fused-ring (bicyclic) bond motifs is 4. The maximum absolute atomic E-state index is 13.8. The lowest BCUT2D eigenvalue weighted by molar-refractivity contribution is 0.0726. The van der Waals surface area contributed by atoms with Crippen LogP contribution in [0.4, 0.5) is 5.82 Å². The lowest BCUT2D eigenvalue weighted by atomic mass is 9.97. The highest BCUT2D eigenvalue weighted by atomic mass is 32.2. The molecule has 1 saturated carbocycles. The van der Waals surface area contributed by atoms with Gasteiger partial charge in [-0.25, -0.2) is 18.4 Å². The summed E-state index contributed by atoms with van der Waals surface area (Å²) in [7, 11) is -1.81. The molecule has 0 radical (unpaired) electrons. The molecule has 7 heterocycles. The monoisotopic (exact) mass is 617 g/mol. The Kier molecular flexibility index (Phi) is 6.29. The summed E-state index contributed by atoms with van der Waals surface area (Å²) >= 11 is 0. The number of pyridine rings is 2. The zero-order valence-electron chi connectivity index (χ0n) is 25.4. The van der Waals surface area contributed by atoms with Gasteiger partial charge in [0.25, 0.3) is 5.91 Å². The van der Waals surface area contributed by atoms with Gasteiger partial charge in [0.2, 0.25) is 10.0 Å². The third-order valence-electron chi connectivity index (χ3n) is 10.3. The molecule has 1 aliphatic carbocycles. The van der Waals surface area contributed by atoms with Crippen LogP contribution in [0, 0.1) is 12.8 Å². The van der Waals surface area contributed by atoms with E-state index in [4.69, 9.17) is 20.4 Å². The molecule has 0 aromatic carbocycles. The van der Waals surface area contributed by atoms with Crippen molar-refractivity contribution in [2.24, 2.45) is 11.7 Å². The predicted molar refractivity (Wildman–Crippen MR) is 168 cm³/mol. The second-order valence-corrected chi connectivity index (χ2v) is 15.2. The number of sulfonamides is 1. The quantitative estimate of drug-likeness (QED) is 0.345. The van der Waals surface area contributed by atoms with E-state index in [0.717, 1.165) is 73.2 Å². The molecule has 3 saturated heterocycles. The maximum atomic E-state index is 13.8. The second kappa shape index (κ2) is 9.93. The largest absolute Gasteiger partial charge is 0.482 e. The standard InChI is InChI=1S/C32H39N7O4S/c1-18-5-4-12-44(41,42)39(18)27-11-8-21-13-26(36(31(21)35-27)17-20-6-7-20)30-19(2)37-28(34-30)14-22(15-29(37)43-3)32(40)38-23-9-10-25(38)24(33)16-23/h8,11,13-15,18,20,23-25H,4-7,9-10,12,16-17,33H2,1-3H3/t18-,23+,24-,25-/m1/s1. The third-order valence-corrected chi connectivity index (χ3v) is 12.2. The number of hydrogen-bond acceptors (Lipinski definition) is 7. The lowest BCUT2D eigenvalue weighted by Crippen LogP contribution is -2.44. The van der Waals surface area contributed by atoms with Gasteiger partial charge in [-0.1, -0.05) is 0 Å². The van der Waals surface area contributed by atoms with E-state index >= 15 is 0 Å². The van der Waals surface area contributed by atoms with E-state index in [9.17, 15) is 13.2 Å². The lowest BCUT2D eigenvalue weighted by Gasteiger charge is -2.33. The number of nitrogens with two attached hydrogens (primary N) is 1. The number of methoxy groups -OCH3 is 1. The highest BCUT2D eigenvalue weighted by molar-refractivity contribution is 7.92. The average Bonchev–Trinajstić information content (AvgIpc) is 3.31. The molecule has 4 fully saturated rings. The summed E-state index contributed by atoms with van der Waals surface area (Å²) in [5.41, 5.74) is 10.9. The van der Waals surface area contributed by atoms with Crippen LogP contribution >= 0.6 is 0 Å². The molecular weight excluding hydrogens is 578 g/mol. The molecule has 232 valence electrons. The first-order chi connectivity index (χ1) is 21.1. The second-order valence-electron chi connectivity index (χ2n) is 13.2. The van der Waals surface area contributed by atoms with Crippen molar-refractivity contribution in [3.63, 3.8) is 0 Å². The highest BCUT2D eigenvalue weighted by Crippen LogP contribution is 2.40. The Labute approximate surface area is 257 Å². The molecular formula is C32H39N7O4S. The van der Waals surface area contributed by atoms with E-state index in [1.165, 1.54) is 4.31 Å². The molecule has 11 nitrogen and oxygen atoms in total. The van der Waals surface area contributed by atoms with Gasteiger partial charge in [0.1, 0.15) is 22.8 Å². The summed E-state index contributed by atoms with van der Waals surface area (Å²) in [5, 5.41) is 0.937. The zero-order chi connectivity index (χ0) is 30.5. The summed E-state index contributed by atoms with van der Waals surface area (Å²) in [6.07, 6.45) is 6.59. The van der Waals surface area contributed by atoms with Crippen molar-refractivity contribution in [1.29, 1.82) is 0 Å². The number of rotatable bonds is 6. The van der Waals surface area contributed by atoms with Crippen LogP contribution in [-0.2, 0) is 16.6 Å². The van der Waals surface area contributed by atoms with Crippen LogP contribution in [0.2, 0.25) is 0 Å². The number of carbonyl (C=O) groups is 1. The molecule has 4 aliphatic rings. The van der Waals surface area contributed by atoms with Crippen molar-refractivity contribution in [3.8, 4) is 17.3 Å². The smallest absolute Gasteiger partial charge is 0.254 e. The minimum absolute atomic E-state index is 0.0186. The summed E-state index contributed by atoms with van der Waals surface area (Å²) in [6, 6.07) is 9.74. The van der Waals surface area contributed by atoms with Crippen molar-refractivity contribution in [1.82, 2.24) is 23.8 Å². The van der Waals surface area contributed by atoms with Gasteiger partial charge in [-0.15, -0.1) is 0 Å². The molecule has 4 aromatic rings. The fourth-order valence-corrected chi connectivity index (χ4v) is 9.66. The van der Waals surface area contributed by atoms with Crippen LogP contribution < -0.4 is 14.8 Å². The van der Waals surface area contributed by atoms with Gasteiger partial charge in [-0.3, -0.25) is 13.5 Å². The first kappa shape index (κ1) is 27.9. The summed E-state index contributed by atoms with van der Waals surface area (Å²) in [6.45, 7) is 4.75. The Bertz CT molecular complexity index is 1930. The van der Waals surface area contributed by atoms with Gasteiger partial charge < -0.3 is 19.9 Å². The van der Waals surface area contributed by atoms with Crippen molar-refractivity contribution in [2.75, 3.05) is 17.2 Å². The van der Waals surface area contributed by atoms with Crippen molar-refractivity contribution in [2.45, 2.75) is 89.5 Å². The maximum Gasteiger partial charge on any atom is 0.254 e. The summed E-state index contributed by atoms with van der Waals surface area (Å²) < 4.78 is 37.6. The Morgan fingerprint density at radius 1 is 1.09 bits per heavy atom. The number of aryl methyl sites for hydroxylation is 1. The molecule has 0 spiro atoms. The van der Waals surface area contributed by atoms with Crippen LogP contribution in [0.1, 0.15) is 67.9 Å².